The summed E-state index contributed by atoms with van der Waals surface area (Å²) in [5.74, 6) is 0.488. The van der Waals surface area contributed by atoms with E-state index in [0.29, 0.717) is 33.8 Å². The summed E-state index contributed by atoms with van der Waals surface area (Å²) in [6, 6.07) is 10.8. The number of benzene rings is 2. The molecular formula is C27H27Cl2FN4O3. The molecule has 3 aliphatic rings. The number of hydrogen-bond donors (Lipinski definition) is 2. The van der Waals surface area contributed by atoms with Gasteiger partial charge >= 0.3 is 0 Å². The molecule has 3 N–H and O–H groups in total. The summed E-state index contributed by atoms with van der Waals surface area (Å²) in [4.78, 5) is 2.29. The van der Waals surface area contributed by atoms with Crippen LogP contribution in [0.1, 0.15) is 61.3 Å². The van der Waals surface area contributed by atoms with Crippen molar-refractivity contribution in [2.45, 2.75) is 69.2 Å². The van der Waals surface area contributed by atoms with Gasteiger partial charge in [-0.05, 0) is 68.9 Å². The highest BCUT2D eigenvalue weighted by molar-refractivity contribution is 6.39. The second-order valence-electron chi connectivity index (χ2n) is 10.1. The van der Waals surface area contributed by atoms with Gasteiger partial charge in [0.25, 0.3) is 0 Å². The number of rotatable bonds is 7. The molecule has 6 rings (SSSR count). The maximum Gasteiger partial charge on any atom is 0.173 e. The standard InChI is InChI=1S/C27H27Cl2FN4O3/c28-21-2-1-3-22(29)24(21)25-20(26(37-33-25)14-4-5-14)13-36-18-10-15-6-7-16(11-18)34(15)17-8-9-19(23(30)12-17)27(31)32-35/h1-3,8-9,12,14-16,18,35H,4-7,10-11,13H2,(H2,31,32)/t15-,16+,18?. The first-order valence-corrected chi connectivity index (χ1v) is 13.3. The molecule has 0 spiro atoms. The maximum absolute atomic E-state index is 14.7. The molecule has 1 unspecified atom stereocenters. The van der Waals surface area contributed by atoms with Gasteiger partial charge in [0.15, 0.2) is 5.84 Å². The summed E-state index contributed by atoms with van der Waals surface area (Å²) in [7, 11) is 0. The zero-order chi connectivity index (χ0) is 25.7. The first-order chi connectivity index (χ1) is 17.9. The van der Waals surface area contributed by atoms with Gasteiger partial charge in [-0.25, -0.2) is 4.39 Å². The van der Waals surface area contributed by atoms with Crippen LogP contribution in [0.3, 0.4) is 0 Å². The third-order valence-electron chi connectivity index (χ3n) is 7.75. The molecule has 1 saturated carbocycles. The quantitative estimate of drug-likeness (QED) is 0.153. The molecule has 2 aromatic carbocycles. The van der Waals surface area contributed by atoms with E-state index in [4.69, 9.17) is 43.4 Å². The van der Waals surface area contributed by atoms with Crippen LogP contribution in [0.25, 0.3) is 11.3 Å². The molecule has 3 aromatic rings. The highest BCUT2D eigenvalue weighted by Gasteiger charge is 2.42. The lowest BCUT2D eigenvalue weighted by Gasteiger charge is -2.40. The second kappa shape index (κ2) is 9.82. The van der Waals surface area contributed by atoms with Crippen molar-refractivity contribution >= 4 is 34.7 Å². The summed E-state index contributed by atoms with van der Waals surface area (Å²) >= 11 is 13.0. The fourth-order valence-corrected chi connectivity index (χ4v) is 6.44. The van der Waals surface area contributed by atoms with Crippen LogP contribution in [-0.2, 0) is 11.3 Å². The number of amidine groups is 1. The van der Waals surface area contributed by atoms with Gasteiger partial charge < -0.3 is 25.1 Å². The Kier molecular flexibility index (Phi) is 6.51. The van der Waals surface area contributed by atoms with Crippen molar-refractivity contribution < 1.29 is 18.9 Å². The van der Waals surface area contributed by atoms with Crippen molar-refractivity contribution in [1.82, 2.24) is 5.16 Å². The van der Waals surface area contributed by atoms with Crippen molar-refractivity contribution in [3.8, 4) is 11.3 Å². The molecule has 0 amide bonds. The molecule has 1 aliphatic carbocycles. The minimum atomic E-state index is -0.503. The zero-order valence-corrected chi connectivity index (χ0v) is 21.6. The summed E-state index contributed by atoms with van der Waals surface area (Å²) in [5, 5.41) is 17.2. The van der Waals surface area contributed by atoms with E-state index in [-0.39, 0.29) is 29.6 Å². The van der Waals surface area contributed by atoms with Crippen molar-refractivity contribution in [2.75, 3.05) is 4.90 Å². The molecule has 2 bridgehead atoms. The Labute approximate surface area is 224 Å². The number of fused-ring (bicyclic) bond motifs is 2. The van der Waals surface area contributed by atoms with Gasteiger partial charge in [0.1, 0.15) is 17.3 Å². The third-order valence-corrected chi connectivity index (χ3v) is 8.38. The molecule has 3 atom stereocenters. The predicted octanol–water partition coefficient (Wildman–Crippen LogP) is 6.48. The van der Waals surface area contributed by atoms with E-state index < -0.39 is 5.82 Å². The molecular weight excluding hydrogens is 518 g/mol. The Bertz CT molecular complexity index is 1330. The smallest absolute Gasteiger partial charge is 0.173 e. The van der Waals surface area contributed by atoms with E-state index in [1.807, 2.05) is 12.1 Å². The topological polar surface area (TPSA) is 97.1 Å². The number of nitrogens with zero attached hydrogens (tertiary/aromatic N) is 3. The molecule has 10 heteroatoms. The monoisotopic (exact) mass is 544 g/mol. The van der Waals surface area contributed by atoms with Crippen LogP contribution in [0.2, 0.25) is 10.0 Å². The van der Waals surface area contributed by atoms with Gasteiger partial charge in [0.2, 0.25) is 0 Å². The van der Waals surface area contributed by atoms with Crippen LogP contribution in [0.4, 0.5) is 10.1 Å². The Balaban J connectivity index is 1.19. The van der Waals surface area contributed by atoms with E-state index in [2.05, 4.69) is 15.2 Å². The first-order valence-electron chi connectivity index (χ1n) is 12.5. The number of oxime groups is 1. The summed E-state index contributed by atoms with van der Waals surface area (Å²) in [6.45, 7) is 0.374. The lowest BCUT2D eigenvalue weighted by molar-refractivity contribution is 0.0147. The lowest BCUT2D eigenvalue weighted by Crippen LogP contribution is -2.45. The number of hydrogen-bond acceptors (Lipinski definition) is 6. The summed E-state index contributed by atoms with van der Waals surface area (Å²) < 4.78 is 26.9. The molecule has 7 nitrogen and oxygen atoms in total. The van der Waals surface area contributed by atoms with E-state index in [0.717, 1.165) is 55.5 Å². The minimum Gasteiger partial charge on any atom is -0.409 e. The van der Waals surface area contributed by atoms with E-state index in [1.165, 1.54) is 6.07 Å². The Morgan fingerprint density at radius 3 is 2.46 bits per heavy atom. The molecule has 2 aliphatic heterocycles. The van der Waals surface area contributed by atoms with Gasteiger partial charge in [-0.2, -0.15) is 0 Å². The molecule has 1 aromatic heterocycles. The van der Waals surface area contributed by atoms with Crippen molar-refractivity contribution in [3.05, 3.63) is 69.1 Å². The number of halogens is 3. The minimum absolute atomic E-state index is 0.0616. The van der Waals surface area contributed by atoms with Crippen LogP contribution < -0.4 is 10.6 Å². The third kappa shape index (κ3) is 4.56. The SMILES string of the molecule is NC(=NO)c1ccc(N2[C@@H]3CC[C@H]2CC(OCc2c(-c4c(Cl)cccc4Cl)noc2C2CC2)C3)cc1F. The Morgan fingerprint density at radius 1 is 1.14 bits per heavy atom. The number of anilines is 1. The second-order valence-corrected chi connectivity index (χ2v) is 10.9. The summed E-state index contributed by atoms with van der Waals surface area (Å²) in [6.07, 6.45) is 5.94. The van der Waals surface area contributed by atoms with Gasteiger partial charge in [-0.3, -0.25) is 0 Å². The Hall–Kier alpha value is -2.81. The van der Waals surface area contributed by atoms with E-state index in [1.54, 1.807) is 18.2 Å². The lowest BCUT2D eigenvalue weighted by atomic mass is 9.98. The summed E-state index contributed by atoms with van der Waals surface area (Å²) in [5.41, 5.74) is 8.73. The predicted molar refractivity (Wildman–Crippen MR) is 140 cm³/mol. The molecule has 0 radical (unpaired) electrons. The fourth-order valence-electron chi connectivity index (χ4n) is 5.86. The van der Waals surface area contributed by atoms with Crippen LogP contribution >= 0.6 is 23.2 Å². The van der Waals surface area contributed by atoms with E-state index >= 15 is 0 Å². The van der Waals surface area contributed by atoms with Crippen molar-refractivity contribution in [1.29, 1.82) is 0 Å². The largest absolute Gasteiger partial charge is 0.409 e. The van der Waals surface area contributed by atoms with Crippen LogP contribution in [-0.4, -0.2) is 34.4 Å². The Morgan fingerprint density at radius 2 is 1.84 bits per heavy atom. The fraction of sp³-hybridized carbons (Fsp3) is 0.407. The van der Waals surface area contributed by atoms with Crippen LogP contribution in [0, 0.1) is 5.82 Å². The van der Waals surface area contributed by atoms with Crippen molar-refractivity contribution in [2.24, 2.45) is 10.9 Å². The van der Waals surface area contributed by atoms with Crippen LogP contribution in [0.5, 0.6) is 0 Å². The average Bonchev–Trinajstić information content (AvgIpc) is 3.59. The number of aromatic nitrogens is 1. The molecule has 194 valence electrons. The molecule has 2 saturated heterocycles. The van der Waals surface area contributed by atoms with Gasteiger partial charge in [0.05, 0.1) is 28.3 Å². The highest BCUT2D eigenvalue weighted by atomic mass is 35.5. The maximum atomic E-state index is 14.7. The number of nitrogens with two attached hydrogens (primary N) is 1. The van der Waals surface area contributed by atoms with E-state index in [9.17, 15) is 4.39 Å². The molecule has 37 heavy (non-hydrogen) atoms. The molecule has 3 fully saturated rings. The zero-order valence-electron chi connectivity index (χ0n) is 20.0. The highest BCUT2D eigenvalue weighted by Crippen LogP contribution is 2.47. The average molecular weight is 545 g/mol. The van der Waals surface area contributed by atoms with Gasteiger partial charge in [-0.15, -0.1) is 0 Å². The van der Waals surface area contributed by atoms with Crippen LogP contribution in [0.15, 0.2) is 46.1 Å². The first kappa shape index (κ1) is 24.5. The normalized spacial score (nSPS) is 23.6. The molecule has 3 heterocycles. The van der Waals surface area contributed by atoms with Gasteiger partial charge in [0, 0.05) is 34.8 Å². The van der Waals surface area contributed by atoms with Crippen molar-refractivity contribution in [3.63, 3.8) is 0 Å². The number of piperidine rings is 1. The van der Waals surface area contributed by atoms with Gasteiger partial charge in [-0.1, -0.05) is 39.6 Å². The number of ether oxygens (including phenoxy) is 1.